The van der Waals surface area contributed by atoms with E-state index in [0.717, 1.165) is 10.8 Å². The molecule has 0 fully saturated rings. The summed E-state index contributed by atoms with van der Waals surface area (Å²) in [6, 6.07) is 0. The van der Waals surface area contributed by atoms with Gasteiger partial charge in [-0.15, -0.1) is 10.8 Å². The smallest absolute Gasteiger partial charge is 0.541 e. The molecule has 0 aromatic heterocycles. The minimum atomic E-state index is -0.863. The van der Waals surface area contributed by atoms with Crippen LogP contribution >= 0.6 is 21.6 Å². The first kappa shape index (κ1) is 13.4. The van der Waals surface area contributed by atoms with Crippen LogP contribution in [0, 0.1) is 0 Å². The van der Waals surface area contributed by atoms with Crippen LogP contribution in [0.4, 0.5) is 0 Å². The Morgan fingerprint density at radius 3 is 2.50 bits per heavy atom. The molecule has 6 heteroatoms. The summed E-state index contributed by atoms with van der Waals surface area (Å²) in [5.74, 6) is -0.594. The summed E-state index contributed by atoms with van der Waals surface area (Å²) in [5, 5.41) is 8.08. The minimum absolute atomic E-state index is 0. The van der Waals surface area contributed by atoms with Crippen molar-refractivity contribution < 1.29 is 44.3 Å². The third kappa shape index (κ3) is 11.6. The van der Waals surface area contributed by atoms with Crippen molar-refractivity contribution in [3.63, 3.8) is 0 Å². The number of hydrogen-bond acceptors (Lipinski definition) is 4. The summed E-state index contributed by atoms with van der Waals surface area (Å²) in [4.78, 5) is 19.4. The number of carboxylic acid groups (broad SMARTS) is 1. The number of carboxylic acids is 1. The van der Waals surface area contributed by atoms with Crippen LogP contribution in [0.2, 0.25) is 0 Å². The van der Waals surface area contributed by atoms with Gasteiger partial charge in [0.05, 0.1) is 0 Å². The Morgan fingerprint density at radius 2 is 2.10 bits per heavy atom. The molecule has 0 aliphatic heterocycles. The van der Waals surface area contributed by atoms with Gasteiger partial charge in [0.2, 0.25) is 0 Å². The van der Waals surface area contributed by atoms with Crippen LogP contribution < -0.4 is 29.6 Å². The van der Waals surface area contributed by atoms with Gasteiger partial charge in [-0.25, -0.2) is 0 Å². The van der Waals surface area contributed by atoms with E-state index in [0.29, 0.717) is 0 Å². The standard InChI is InChI=1S/C4H5O3S2.Na/c5-1-2-8-9-3-4(6)7;/h2-3H2,(H,6,7);/q-1;+1. The maximum absolute atomic E-state index is 9.83. The second-order valence-corrected chi connectivity index (χ2v) is 3.53. The zero-order valence-electron chi connectivity index (χ0n) is 5.49. The van der Waals surface area contributed by atoms with Crippen molar-refractivity contribution in [2.24, 2.45) is 0 Å². The molecule has 10 heavy (non-hydrogen) atoms. The molecule has 0 heterocycles. The largest absolute Gasteiger partial charge is 1.00 e. The summed E-state index contributed by atoms with van der Waals surface area (Å²) < 4.78 is 0. The van der Waals surface area contributed by atoms with Crippen molar-refractivity contribution in [1.29, 1.82) is 0 Å². The molecule has 3 nitrogen and oxygen atoms in total. The van der Waals surface area contributed by atoms with E-state index in [9.17, 15) is 9.59 Å². The van der Waals surface area contributed by atoms with Gasteiger partial charge < -0.3 is 9.90 Å². The average molecular weight is 188 g/mol. The summed E-state index contributed by atoms with van der Waals surface area (Å²) in [6.45, 7) is 0. The van der Waals surface area contributed by atoms with Gasteiger partial charge in [0.1, 0.15) is 5.75 Å². The summed E-state index contributed by atoms with van der Waals surface area (Å²) >= 11 is 0. The van der Waals surface area contributed by atoms with Gasteiger partial charge in [-0.2, -0.15) is 0 Å². The van der Waals surface area contributed by atoms with Gasteiger partial charge in [0, 0.05) is 0 Å². The third-order valence-electron chi connectivity index (χ3n) is 0.384. The molecule has 0 amide bonds. The van der Waals surface area contributed by atoms with Crippen LogP contribution in [0.5, 0.6) is 0 Å². The zero-order valence-corrected chi connectivity index (χ0v) is 9.13. The van der Waals surface area contributed by atoms with Crippen LogP contribution in [0.3, 0.4) is 0 Å². The predicted octanol–water partition coefficient (Wildman–Crippen LogP) is -2.43. The maximum atomic E-state index is 9.83. The van der Waals surface area contributed by atoms with Crippen molar-refractivity contribution in [3.8, 4) is 0 Å². The van der Waals surface area contributed by atoms with Crippen LogP contribution in [0.15, 0.2) is 0 Å². The minimum Gasteiger partial charge on any atom is -0.541 e. The molecule has 1 N–H and O–H groups in total. The molecule has 0 saturated heterocycles. The second kappa shape index (κ2) is 9.84. The Balaban J connectivity index is 0. The van der Waals surface area contributed by atoms with E-state index in [2.05, 4.69) is 0 Å². The Kier molecular flexibility index (Phi) is 13.2. The average Bonchev–Trinajstić information content (AvgIpc) is 1.80. The van der Waals surface area contributed by atoms with Gasteiger partial charge in [-0.05, 0) is 0 Å². The summed E-state index contributed by atoms with van der Waals surface area (Å²) in [7, 11) is 2.33. The first-order chi connectivity index (χ1) is 4.27. The Hall–Kier alpha value is 0.840. The first-order valence-electron chi connectivity index (χ1n) is 2.08. The third-order valence-corrected chi connectivity index (χ3v) is 2.36. The van der Waals surface area contributed by atoms with E-state index < -0.39 is 5.97 Å². The van der Waals surface area contributed by atoms with Crippen molar-refractivity contribution >= 4 is 33.8 Å². The van der Waals surface area contributed by atoms with Crippen molar-refractivity contribution in [2.45, 2.75) is 0 Å². The molecule has 0 aliphatic carbocycles. The zero-order chi connectivity index (χ0) is 7.11. The van der Waals surface area contributed by atoms with Gasteiger partial charge in [-0.1, -0.05) is 16.5 Å². The van der Waals surface area contributed by atoms with Gasteiger partial charge in [0.15, 0.2) is 0 Å². The molecular weight excluding hydrogens is 183 g/mol. The van der Waals surface area contributed by atoms with E-state index in [-0.39, 0.29) is 41.1 Å². The summed E-state index contributed by atoms with van der Waals surface area (Å²) in [5.41, 5.74) is 0. The number of aliphatic carboxylic acids is 1. The van der Waals surface area contributed by atoms with Crippen LogP contribution in [-0.4, -0.2) is 28.9 Å². The fourth-order valence-corrected chi connectivity index (χ4v) is 1.42. The molecule has 0 radical (unpaired) electrons. The Labute approximate surface area is 89.0 Å². The summed E-state index contributed by atoms with van der Waals surface area (Å²) in [6.07, 6.45) is 1.64. The van der Waals surface area contributed by atoms with Crippen molar-refractivity contribution in [3.05, 3.63) is 0 Å². The Bertz CT molecular complexity index is 109. The number of rotatable bonds is 5. The van der Waals surface area contributed by atoms with Crippen LogP contribution in [-0.2, 0) is 9.59 Å². The fraction of sp³-hybridized carbons (Fsp3) is 0.500. The molecule has 0 aromatic carbocycles. The SMILES string of the molecule is O=[C-]CSSCC(=O)O.[Na+]. The molecule has 0 saturated carbocycles. The molecule has 0 unspecified atom stereocenters. The van der Waals surface area contributed by atoms with Crippen molar-refractivity contribution in [2.75, 3.05) is 11.5 Å². The van der Waals surface area contributed by atoms with E-state index in [1.807, 2.05) is 0 Å². The monoisotopic (exact) mass is 188 g/mol. The molecule has 0 rings (SSSR count). The molecule has 52 valence electrons. The molecule has 0 bridgehead atoms. The molecule has 0 aliphatic rings. The second-order valence-electron chi connectivity index (χ2n) is 1.06. The van der Waals surface area contributed by atoms with E-state index in [4.69, 9.17) is 5.11 Å². The first-order valence-corrected chi connectivity index (χ1v) is 4.57. The Morgan fingerprint density at radius 1 is 1.50 bits per heavy atom. The molecule has 0 atom stereocenters. The van der Waals surface area contributed by atoms with Gasteiger partial charge >= 0.3 is 35.5 Å². The predicted molar refractivity (Wildman–Crippen MR) is 38.2 cm³/mol. The van der Waals surface area contributed by atoms with Crippen LogP contribution in [0.1, 0.15) is 0 Å². The van der Waals surface area contributed by atoms with Crippen molar-refractivity contribution in [1.82, 2.24) is 0 Å². The maximum Gasteiger partial charge on any atom is 1.00 e. The van der Waals surface area contributed by atoms with E-state index in [1.54, 1.807) is 6.29 Å². The van der Waals surface area contributed by atoms with Gasteiger partial charge in [0.25, 0.3) is 0 Å². The topological polar surface area (TPSA) is 54.4 Å². The van der Waals surface area contributed by atoms with Gasteiger partial charge in [-0.3, -0.25) is 11.1 Å². The molecular formula is C4H5NaO3S2. The number of carbonyl (C=O) groups is 1. The number of hydrogen-bond donors (Lipinski definition) is 1. The molecule has 0 spiro atoms. The van der Waals surface area contributed by atoms with E-state index in [1.165, 1.54) is 10.8 Å². The normalized spacial score (nSPS) is 8.00. The van der Waals surface area contributed by atoms with Crippen LogP contribution in [0.25, 0.3) is 0 Å². The quantitative estimate of drug-likeness (QED) is 0.225. The molecule has 0 aromatic rings. The van der Waals surface area contributed by atoms with E-state index >= 15 is 0 Å². The fourth-order valence-electron chi connectivity index (χ4n) is 0.158. The number of carbonyl (C=O) groups excluding carboxylic acids is 1.